The van der Waals surface area contributed by atoms with Gasteiger partial charge in [-0.25, -0.2) is 0 Å². The van der Waals surface area contributed by atoms with E-state index in [1.54, 1.807) is 18.2 Å². The molecule has 2 aromatic rings. The van der Waals surface area contributed by atoms with Crippen LogP contribution in [0.15, 0.2) is 54.6 Å². The fraction of sp³-hybridized carbons (Fsp3) is 0. The number of rotatable bonds is 1. The zero-order chi connectivity index (χ0) is 9.10. The average molecular weight is 176 g/mol. The largest absolute Gasteiger partial charge is 1.00 e. The number of benzene rings is 2. The Morgan fingerprint density at radius 2 is 1.36 bits per heavy atom. The zero-order valence-electron chi connectivity index (χ0n) is 8.10. The Balaban J connectivity index is 0.000000980. The number of hydrogen-bond acceptors (Lipinski definition) is 1. The van der Waals surface area contributed by atoms with Crippen LogP contribution >= 0.6 is 0 Å². The smallest absolute Gasteiger partial charge is 0.872 e. The van der Waals surface area contributed by atoms with E-state index < -0.39 is 0 Å². The van der Waals surface area contributed by atoms with E-state index in [0.29, 0.717) is 0 Å². The van der Waals surface area contributed by atoms with Crippen molar-refractivity contribution in [2.75, 3.05) is 0 Å². The minimum atomic E-state index is 0. The molecule has 0 amide bonds. The minimum absolute atomic E-state index is 0. The van der Waals surface area contributed by atoms with Crippen molar-refractivity contribution in [2.45, 2.75) is 0 Å². The SMILES string of the molecule is [Li+].[O-]c1cccc(-c2ccccc2)c1. The van der Waals surface area contributed by atoms with Gasteiger partial charge in [-0.2, -0.15) is 0 Å². The molecule has 0 aromatic heterocycles. The van der Waals surface area contributed by atoms with Gasteiger partial charge in [0.25, 0.3) is 0 Å². The molecular formula is C12H9LiO. The molecule has 2 aromatic carbocycles. The number of hydrogen-bond donors (Lipinski definition) is 0. The molecule has 0 spiro atoms. The summed E-state index contributed by atoms with van der Waals surface area (Å²) in [4.78, 5) is 0. The fourth-order valence-corrected chi connectivity index (χ4v) is 1.31. The van der Waals surface area contributed by atoms with E-state index in [2.05, 4.69) is 0 Å². The van der Waals surface area contributed by atoms with Crippen molar-refractivity contribution < 1.29 is 24.0 Å². The van der Waals surface area contributed by atoms with E-state index in [9.17, 15) is 5.11 Å². The second kappa shape index (κ2) is 4.90. The van der Waals surface area contributed by atoms with E-state index in [1.165, 1.54) is 0 Å². The molecule has 0 bridgehead atoms. The molecule has 0 atom stereocenters. The van der Waals surface area contributed by atoms with Crippen LogP contribution in [0.25, 0.3) is 11.1 Å². The van der Waals surface area contributed by atoms with Gasteiger partial charge >= 0.3 is 18.9 Å². The Kier molecular flexibility index (Phi) is 3.82. The van der Waals surface area contributed by atoms with Crippen LogP contribution in [0.5, 0.6) is 5.75 Å². The summed E-state index contributed by atoms with van der Waals surface area (Å²) in [5, 5.41) is 11.1. The summed E-state index contributed by atoms with van der Waals surface area (Å²) in [5.41, 5.74) is 2.06. The average Bonchev–Trinajstić information content (AvgIpc) is 2.19. The molecule has 1 nitrogen and oxygen atoms in total. The molecule has 2 heteroatoms. The maximum atomic E-state index is 11.1. The molecule has 0 aliphatic heterocycles. The molecule has 0 aliphatic carbocycles. The molecule has 2 rings (SSSR count). The second-order valence-electron chi connectivity index (χ2n) is 2.89. The Hall–Kier alpha value is -1.16. The molecule has 0 N–H and O–H groups in total. The van der Waals surface area contributed by atoms with Gasteiger partial charge in [0.05, 0.1) is 0 Å². The Morgan fingerprint density at radius 1 is 0.714 bits per heavy atom. The van der Waals surface area contributed by atoms with Crippen LogP contribution in [0.2, 0.25) is 0 Å². The third kappa shape index (κ3) is 2.42. The maximum absolute atomic E-state index is 11.1. The summed E-state index contributed by atoms with van der Waals surface area (Å²) in [5.74, 6) is 0.0568. The Bertz CT molecular complexity index is 398. The van der Waals surface area contributed by atoms with Crippen molar-refractivity contribution in [3.8, 4) is 16.9 Å². The van der Waals surface area contributed by atoms with Gasteiger partial charge in [-0.1, -0.05) is 54.6 Å². The van der Waals surface area contributed by atoms with Gasteiger partial charge in [0.2, 0.25) is 0 Å². The van der Waals surface area contributed by atoms with Gasteiger partial charge in [0.1, 0.15) is 0 Å². The van der Waals surface area contributed by atoms with Gasteiger partial charge in [0, 0.05) is 0 Å². The molecule has 64 valence electrons. The van der Waals surface area contributed by atoms with Crippen molar-refractivity contribution >= 4 is 0 Å². The first-order valence-corrected chi connectivity index (χ1v) is 4.19. The molecule has 0 unspecified atom stereocenters. The van der Waals surface area contributed by atoms with Gasteiger partial charge in [0.15, 0.2) is 0 Å². The molecule has 0 saturated heterocycles. The predicted octanol–water partition coefficient (Wildman–Crippen LogP) is -0.569. The van der Waals surface area contributed by atoms with Crippen LogP contribution in [0, 0.1) is 0 Å². The standard InChI is InChI=1S/C12H10O.Li/c13-12-8-4-7-11(9-12)10-5-2-1-3-6-10;/h1-9,13H;/q;+1/p-1. The van der Waals surface area contributed by atoms with E-state index in [0.717, 1.165) is 11.1 Å². The van der Waals surface area contributed by atoms with Gasteiger partial charge in [-0.05, 0) is 11.1 Å². The molecule has 0 aliphatic rings. The van der Waals surface area contributed by atoms with Crippen molar-refractivity contribution in [1.82, 2.24) is 0 Å². The van der Waals surface area contributed by atoms with E-state index in [1.807, 2.05) is 36.4 Å². The Labute approximate surface area is 95.6 Å². The molecule has 0 heterocycles. The topological polar surface area (TPSA) is 23.1 Å². The first kappa shape index (κ1) is 10.9. The van der Waals surface area contributed by atoms with Crippen molar-refractivity contribution in [2.24, 2.45) is 0 Å². The fourth-order valence-electron chi connectivity index (χ4n) is 1.31. The summed E-state index contributed by atoms with van der Waals surface area (Å²) in [6.07, 6.45) is 0. The molecule has 0 radical (unpaired) electrons. The van der Waals surface area contributed by atoms with Crippen molar-refractivity contribution in [3.63, 3.8) is 0 Å². The third-order valence-electron chi connectivity index (χ3n) is 1.94. The summed E-state index contributed by atoms with van der Waals surface area (Å²) in [6.45, 7) is 0. The molecule has 0 saturated carbocycles. The summed E-state index contributed by atoms with van der Waals surface area (Å²) in [6, 6.07) is 16.8. The van der Waals surface area contributed by atoms with Crippen LogP contribution in [-0.2, 0) is 0 Å². The zero-order valence-corrected chi connectivity index (χ0v) is 8.10. The predicted molar refractivity (Wildman–Crippen MR) is 51.3 cm³/mol. The third-order valence-corrected chi connectivity index (χ3v) is 1.94. The van der Waals surface area contributed by atoms with Crippen molar-refractivity contribution in [1.29, 1.82) is 0 Å². The molecule has 0 fully saturated rings. The van der Waals surface area contributed by atoms with Crippen LogP contribution in [0.4, 0.5) is 0 Å². The van der Waals surface area contributed by atoms with Gasteiger partial charge < -0.3 is 5.11 Å². The Morgan fingerprint density at radius 3 is 2.00 bits per heavy atom. The van der Waals surface area contributed by atoms with Gasteiger partial charge in [-0.15, -0.1) is 5.75 Å². The molecule has 14 heavy (non-hydrogen) atoms. The van der Waals surface area contributed by atoms with Gasteiger partial charge in [-0.3, -0.25) is 0 Å². The molecular weight excluding hydrogens is 167 g/mol. The summed E-state index contributed by atoms with van der Waals surface area (Å²) < 4.78 is 0. The van der Waals surface area contributed by atoms with Crippen LogP contribution < -0.4 is 24.0 Å². The van der Waals surface area contributed by atoms with Crippen LogP contribution in [0.1, 0.15) is 0 Å². The van der Waals surface area contributed by atoms with Crippen LogP contribution in [-0.4, -0.2) is 0 Å². The van der Waals surface area contributed by atoms with Crippen LogP contribution in [0.3, 0.4) is 0 Å². The maximum Gasteiger partial charge on any atom is 1.00 e. The second-order valence-corrected chi connectivity index (χ2v) is 2.89. The van der Waals surface area contributed by atoms with E-state index >= 15 is 0 Å². The van der Waals surface area contributed by atoms with Crippen molar-refractivity contribution in [3.05, 3.63) is 54.6 Å². The minimum Gasteiger partial charge on any atom is -0.872 e. The summed E-state index contributed by atoms with van der Waals surface area (Å²) >= 11 is 0. The normalized spacial score (nSPS) is 9.14. The first-order valence-electron chi connectivity index (χ1n) is 4.19. The van der Waals surface area contributed by atoms with E-state index in [-0.39, 0.29) is 24.6 Å². The summed E-state index contributed by atoms with van der Waals surface area (Å²) in [7, 11) is 0. The first-order chi connectivity index (χ1) is 6.36. The van der Waals surface area contributed by atoms with E-state index in [4.69, 9.17) is 0 Å². The quantitative estimate of drug-likeness (QED) is 0.534. The monoisotopic (exact) mass is 176 g/mol.